The fourth-order valence-corrected chi connectivity index (χ4v) is 6.07. The van der Waals surface area contributed by atoms with E-state index in [0.29, 0.717) is 43.4 Å². The molecule has 0 radical (unpaired) electrons. The van der Waals surface area contributed by atoms with Gasteiger partial charge in [0.25, 0.3) is 11.5 Å². The largest absolute Gasteiger partial charge is 0.497 e. The molecule has 3 aromatic carbocycles. The molecule has 1 amide bonds. The van der Waals surface area contributed by atoms with Crippen LogP contribution in [0.2, 0.25) is 0 Å². The zero-order chi connectivity index (χ0) is 30.7. The molecule has 10 nitrogen and oxygen atoms in total. The Labute approximate surface area is 251 Å². The van der Waals surface area contributed by atoms with E-state index in [4.69, 9.17) is 24.7 Å². The molecule has 1 unspecified atom stereocenters. The molecular weight excluding hydrogens is 568 g/mol. The number of nitriles is 1. The highest BCUT2D eigenvalue weighted by atomic mass is 32.1. The first kappa shape index (κ1) is 29.0. The number of rotatable bonds is 8. The van der Waals surface area contributed by atoms with E-state index in [0.717, 1.165) is 16.9 Å². The van der Waals surface area contributed by atoms with Gasteiger partial charge in [-0.25, -0.2) is 0 Å². The fourth-order valence-electron chi connectivity index (χ4n) is 4.90. The second kappa shape index (κ2) is 12.2. The van der Waals surface area contributed by atoms with E-state index in [-0.39, 0.29) is 17.0 Å². The lowest BCUT2D eigenvalue weighted by Crippen LogP contribution is -2.40. The number of fused-ring (bicyclic) bond motifs is 1. The van der Waals surface area contributed by atoms with Crippen molar-refractivity contribution in [3.05, 3.63) is 103 Å². The monoisotopic (exact) mass is 596 g/mol. The second-order valence-electron chi connectivity index (χ2n) is 9.39. The molecule has 43 heavy (non-hydrogen) atoms. The highest BCUT2D eigenvalue weighted by molar-refractivity contribution is 7.07. The van der Waals surface area contributed by atoms with Crippen molar-refractivity contribution in [2.24, 2.45) is 5.73 Å². The van der Waals surface area contributed by atoms with Gasteiger partial charge in [0.1, 0.15) is 33.5 Å². The normalized spacial score (nSPS) is 14.5. The number of amides is 1. The molecule has 0 fully saturated rings. The first-order valence-corrected chi connectivity index (χ1v) is 13.8. The number of ether oxygens (including phenoxy) is 4. The highest BCUT2D eigenvalue weighted by Crippen LogP contribution is 2.38. The summed E-state index contributed by atoms with van der Waals surface area (Å²) in [5.74, 6) is 0.586. The predicted octanol–water partition coefficient (Wildman–Crippen LogP) is 3.01. The maximum absolute atomic E-state index is 14.2. The fraction of sp³-hybridized carbons (Fsp3) is 0.156. The molecule has 1 atom stereocenters. The van der Waals surface area contributed by atoms with Crippen LogP contribution in [-0.4, -0.2) is 38.9 Å². The van der Waals surface area contributed by atoms with Crippen LogP contribution in [0.5, 0.6) is 23.0 Å². The minimum absolute atomic E-state index is 0.0459. The molecule has 1 aliphatic heterocycles. The quantitative estimate of drug-likeness (QED) is 0.317. The summed E-state index contributed by atoms with van der Waals surface area (Å²) in [5.41, 5.74) is 7.99. The van der Waals surface area contributed by atoms with Crippen molar-refractivity contribution in [3.8, 4) is 29.1 Å². The molecule has 0 spiro atoms. The molecule has 5 rings (SSSR count). The highest BCUT2D eigenvalue weighted by Gasteiger charge is 2.36. The number of carbonyl (C=O) groups is 1. The number of nitrogens with two attached hydrogens (primary N) is 1. The van der Waals surface area contributed by atoms with E-state index in [2.05, 4.69) is 11.4 Å². The Hall–Kier alpha value is -5.47. The molecule has 218 valence electrons. The van der Waals surface area contributed by atoms with E-state index < -0.39 is 17.4 Å². The molecule has 0 saturated carbocycles. The number of carbonyl (C=O) groups excluding carboxylic acids is 1. The molecule has 4 aromatic rings. The lowest BCUT2D eigenvalue weighted by molar-refractivity contribution is -0.111. The lowest BCUT2D eigenvalue weighted by atomic mass is 9.83. The predicted molar refractivity (Wildman–Crippen MR) is 165 cm³/mol. The van der Waals surface area contributed by atoms with Crippen molar-refractivity contribution in [1.82, 2.24) is 4.57 Å². The zero-order valence-electron chi connectivity index (χ0n) is 23.8. The van der Waals surface area contributed by atoms with Crippen LogP contribution in [0.15, 0.2) is 77.1 Å². The van der Waals surface area contributed by atoms with Crippen LogP contribution in [0.3, 0.4) is 0 Å². The number of hydrogen-bond acceptors (Lipinski definition) is 9. The van der Waals surface area contributed by atoms with Gasteiger partial charge in [0, 0.05) is 6.07 Å². The van der Waals surface area contributed by atoms with Crippen molar-refractivity contribution < 1.29 is 23.7 Å². The standard InChI is InChI=1S/C32H28N4O6S/c1-39-20-9-5-7-18(13-20)14-26-31(38)36-29(34)23(17-33)27(19-8-6-10-21(15-19)40-2)28(32(36)43-26)30(37)35-24-12-11-22(41-3)16-25(24)42-4/h5-16,27H,34H2,1-4H3,(H,35,37)/b26-14-. The molecule has 2 heterocycles. The van der Waals surface area contributed by atoms with Gasteiger partial charge in [-0.2, -0.15) is 5.26 Å². The van der Waals surface area contributed by atoms with Gasteiger partial charge < -0.3 is 30.0 Å². The average molecular weight is 597 g/mol. The zero-order valence-corrected chi connectivity index (χ0v) is 24.7. The topological polar surface area (TPSA) is 138 Å². The Morgan fingerprint density at radius 2 is 1.63 bits per heavy atom. The van der Waals surface area contributed by atoms with Gasteiger partial charge in [-0.15, -0.1) is 11.3 Å². The van der Waals surface area contributed by atoms with Crippen molar-refractivity contribution in [2.45, 2.75) is 5.92 Å². The van der Waals surface area contributed by atoms with Crippen LogP contribution in [0.25, 0.3) is 17.5 Å². The van der Waals surface area contributed by atoms with Crippen molar-refractivity contribution in [3.63, 3.8) is 0 Å². The third-order valence-corrected chi connectivity index (χ3v) is 8.10. The third-order valence-electron chi connectivity index (χ3n) is 6.99. The van der Waals surface area contributed by atoms with Crippen molar-refractivity contribution >= 4 is 40.4 Å². The molecule has 3 N–H and O–H groups in total. The van der Waals surface area contributed by atoms with Crippen LogP contribution in [0.4, 0.5) is 5.69 Å². The van der Waals surface area contributed by atoms with Crippen LogP contribution in [-0.2, 0) is 4.79 Å². The Kier molecular flexibility index (Phi) is 8.23. The summed E-state index contributed by atoms with van der Waals surface area (Å²) >= 11 is 1.11. The molecule has 0 saturated heterocycles. The summed E-state index contributed by atoms with van der Waals surface area (Å²) in [5, 5.41) is 13.2. The average Bonchev–Trinajstić information content (AvgIpc) is 3.36. The summed E-state index contributed by atoms with van der Waals surface area (Å²) in [6.07, 6.45) is 1.70. The van der Waals surface area contributed by atoms with E-state index >= 15 is 0 Å². The van der Waals surface area contributed by atoms with Gasteiger partial charge in [0.15, 0.2) is 0 Å². The summed E-state index contributed by atoms with van der Waals surface area (Å²) in [6, 6.07) is 21.4. The number of allylic oxidation sites excluding steroid dienone is 1. The summed E-state index contributed by atoms with van der Waals surface area (Å²) in [7, 11) is 6.09. The first-order valence-electron chi connectivity index (χ1n) is 13.0. The van der Waals surface area contributed by atoms with E-state index in [1.165, 1.54) is 25.9 Å². The van der Waals surface area contributed by atoms with Crippen molar-refractivity contribution in [1.29, 1.82) is 5.26 Å². The lowest BCUT2D eigenvalue weighted by Gasteiger charge is -2.25. The summed E-state index contributed by atoms with van der Waals surface area (Å²) < 4.78 is 23.4. The summed E-state index contributed by atoms with van der Waals surface area (Å²) in [4.78, 5) is 28.0. The smallest absolute Gasteiger partial charge is 0.274 e. The number of nitrogens with one attached hydrogen (secondary N) is 1. The minimum atomic E-state index is -0.896. The maximum atomic E-state index is 14.2. The summed E-state index contributed by atoms with van der Waals surface area (Å²) in [6.45, 7) is 0. The van der Waals surface area contributed by atoms with Crippen molar-refractivity contribution in [2.75, 3.05) is 33.8 Å². The molecular formula is C32H28N4O6S. The maximum Gasteiger partial charge on any atom is 0.274 e. The number of thiazole rings is 1. The Morgan fingerprint density at radius 3 is 2.30 bits per heavy atom. The van der Waals surface area contributed by atoms with Crippen LogP contribution < -0.4 is 44.8 Å². The number of methoxy groups -OCH3 is 4. The molecule has 0 bridgehead atoms. The number of nitrogens with zero attached hydrogens (tertiary/aromatic N) is 2. The Bertz CT molecular complexity index is 1990. The molecule has 11 heteroatoms. The molecule has 1 aliphatic rings. The number of anilines is 1. The van der Waals surface area contributed by atoms with Gasteiger partial charge in [-0.3, -0.25) is 14.2 Å². The van der Waals surface area contributed by atoms with Crippen LogP contribution in [0.1, 0.15) is 17.0 Å². The van der Waals surface area contributed by atoms with Gasteiger partial charge in [0.2, 0.25) is 0 Å². The van der Waals surface area contributed by atoms with E-state index in [1.54, 1.807) is 67.8 Å². The third kappa shape index (κ3) is 5.43. The number of benzene rings is 3. The van der Waals surface area contributed by atoms with Crippen LogP contribution in [0, 0.1) is 11.3 Å². The van der Waals surface area contributed by atoms with E-state index in [9.17, 15) is 14.9 Å². The number of aromatic nitrogens is 1. The molecule has 1 aromatic heterocycles. The van der Waals surface area contributed by atoms with Gasteiger partial charge >= 0.3 is 0 Å². The van der Waals surface area contributed by atoms with E-state index in [1.807, 2.05) is 12.1 Å². The minimum Gasteiger partial charge on any atom is -0.497 e. The van der Waals surface area contributed by atoms with Gasteiger partial charge in [-0.1, -0.05) is 24.3 Å². The first-order chi connectivity index (χ1) is 20.8. The second-order valence-corrected chi connectivity index (χ2v) is 10.4. The Morgan fingerprint density at radius 1 is 0.953 bits per heavy atom. The van der Waals surface area contributed by atoms with Gasteiger partial charge in [-0.05, 0) is 53.6 Å². The SMILES string of the molecule is COc1cccc(/C=c2\sc3n(c2=O)C(N)=C(C#N)C(c2cccc(OC)c2)C=3C(=O)Nc2ccc(OC)cc2OC)c1. The Balaban J connectivity index is 1.80. The number of hydrogen-bond donors (Lipinski definition) is 2. The molecule has 0 aliphatic carbocycles. The van der Waals surface area contributed by atoms with Gasteiger partial charge in [0.05, 0.1) is 61.8 Å². The van der Waals surface area contributed by atoms with Crippen LogP contribution >= 0.6 is 11.3 Å².